The van der Waals surface area contributed by atoms with Crippen LogP contribution < -0.4 is 15.9 Å². The van der Waals surface area contributed by atoms with Crippen LogP contribution in [0.25, 0.3) is 0 Å². The second-order valence-corrected chi connectivity index (χ2v) is 10.7. The summed E-state index contributed by atoms with van der Waals surface area (Å²) < 4.78 is 0. The lowest BCUT2D eigenvalue weighted by atomic mass is 10.2. The van der Waals surface area contributed by atoms with Crippen LogP contribution in [0.15, 0.2) is 72.8 Å². The highest BCUT2D eigenvalue weighted by Gasteiger charge is 2.46. The predicted molar refractivity (Wildman–Crippen MR) is 115 cm³/mol. The molecule has 3 aromatic rings. The van der Waals surface area contributed by atoms with Gasteiger partial charge in [0, 0.05) is 0 Å². The van der Waals surface area contributed by atoms with Crippen LogP contribution in [0, 0.1) is 20.8 Å². The SMILES string of the molecule is CC(=O)C[P+](c1ccc(C)cc1)(c1ccc(C)cc1)c1ccc(C)cc1. The number of aryl methyl sites for hydroxylation is 3. The van der Waals surface area contributed by atoms with Crippen molar-refractivity contribution >= 4 is 29.0 Å². The van der Waals surface area contributed by atoms with Crippen LogP contribution in [-0.4, -0.2) is 11.9 Å². The molecule has 0 aliphatic heterocycles. The molecule has 3 aromatic carbocycles. The van der Waals surface area contributed by atoms with Gasteiger partial charge in [0.1, 0.15) is 29.3 Å². The van der Waals surface area contributed by atoms with Crippen molar-refractivity contribution in [2.24, 2.45) is 0 Å². The van der Waals surface area contributed by atoms with Gasteiger partial charge in [-0.25, -0.2) is 0 Å². The highest BCUT2D eigenvalue weighted by Crippen LogP contribution is 2.55. The van der Waals surface area contributed by atoms with Crippen LogP contribution in [-0.2, 0) is 4.79 Å². The predicted octanol–water partition coefficient (Wildman–Crippen LogP) is 4.49. The normalized spacial score (nSPS) is 11.4. The highest BCUT2D eigenvalue weighted by molar-refractivity contribution is 7.96. The smallest absolute Gasteiger partial charge is 0.168 e. The lowest BCUT2D eigenvalue weighted by Gasteiger charge is -2.27. The van der Waals surface area contributed by atoms with Gasteiger partial charge in [-0.1, -0.05) is 53.1 Å². The summed E-state index contributed by atoms with van der Waals surface area (Å²) in [7, 11) is -2.02. The first-order valence-electron chi connectivity index (χ1n) is 9.01. The van der Waals surface area contributed by atoms with E-state index in [2.05, 4.69) is 93.6 Å². The van der Waals surface area contributed by atoms with Gasteiger partial charge >= 0.3 is 0 Å². The molecule has 0 fully saturated rings. The zero-order valence-electron chi connectivity index (χ0n) is 16.0. The summed E-state index contributed by atoms with van der Waals surface area (Å²) in [5, 5.41) is 3.81. The summed E-state index contributed by atoms with van der Waals surface area (Å²) in [5.74, 6) is 0.236. The van der Waals surface area contributed by atoms with Gasteiger partial charge in [0.15, 0.2) is 5.78 Å². The third-order valence-electron chi connectivity index (χ3n) is 4.88. The molecule has 0 unspecified atom stereocenters. The quantitative estimate of drug-likeness (QED) is 0.612. The Bertz CT molecular complexity index is 780. The summed E-state index contributed by atoms with van der Waals surface area (Å²) in [6.07, 6.45) is 0.558. The molecule has 0 atom stereocenters. The van der Waals surface area contributed by atoms with Crippen molar-refractivity contribution in [1.29, 1.82) is 0 Å². The molecule has 132 valence electrons. The van der Waals surface area contributed by atoms with E-state index >= 15 is 0 Å². The molecule has 1 nitrogen and oxygen atoms in total. The molecule has 0 amide bonds. The molecule has 0 saturated carbocycles. The Morgan fingerprint density at radius 2 is 0.885 bits per heavy atom. The lowest BCUT2D eigenvalue weighted by molar-refractivity contribution is -0.114. The molecule has 26 heavy (non-hydrogen) atoms. The standard InChI is InChI=1S/C24H26OP/c1-18-5-11-22(12-6-18)26(17-21(4)25,23-13-7-19(2)8-14-23)24-15-9-20(3)10-16-24/h5-16H,17H2,1-4H3/q+1. The Labute approximate surface area is 157 Å². The maximum atomic E-state index is 12.4. The number of ketones is 1. The molecule has 3 rings (SSSR count). The minimum Gasteiger partial charge on any atom is -0.296 e. The Kier molecular flexibility index (Phi) is 5.39. The topological polar surface area (TPSA) is 17.1 Å². The van der Waals surface area contributed by atoms with Crippen LogP contribution in [0.1, 0.15) is 23.6 Å². The Balaban J connectivity index is 2.33. The molecule has 0 heterocycles. The Hall–Kier alpha value is -2.24. The number of Topliss-reactive ketones (excluding diaryl/α,β-unsaturated/α-hetero) is 1. The van der Waals surface area contributed by atoms with Crippen molar-refractivity contribution in [2.45, 2.75) is 27.7 Å². The van der Waals surface area contributed by atoms with E-state index in [0.29, 0.717) is 6.16 Å². The van der Waals surface area contributed by atoms with E-state index in [1.54, 1.807) is 6.92 Å². The van der Waals surface area contributed by atoms with E-state index < -0.39 is 7.26 Å². The van der Waals surface area contributed by atoms with Crippen molar-refractivity contribution in [2.75, 3.05) is 6.16 Å². The molecule has 0 saturated heterocycles. The van der Waals surface area contributed by atoms with E-state index in [1.165, 1.54) is 32.6 Å². The summed E-state index contributed by atoms with van der Waals surface area (Å²) in [6.45, 7) is 8.03. The molecule has 0 radical (unpaired) electrons. The fourth-order valence-corrected chi connectivity index (χ4v) is 7.54. The van der Waals surface area contributed by atoms with Crippen LogP contribution >= 0.6 is 7.26 Å². The monoisotopic (exact) mass is 361 g/mol. The first kappa shape index (κ1) is 18.5. The molecular weight excluding hydrogens is 335 g/mol. The van der Waals surface area contributed by atoms with Crippen molar-refractivity contribution in [1.82, 2.24) is 0 Å². The number of rotatable bonds is 5. The molecule has 0 bridgehead atoms. The van der Waals surface area contributed by atoms with Crippen LogP contribution in [0.3, 0.4) is 0 Å². The molecular formula is C24H26OP+. The van der Waals surface area contributed by atoms with Gasteiger partial charge in [-0.2, -0.15) is 0 Å². The van der Waals surface area contributed by atoms with E-state index in [0.717, 1.165) is 0 Å². The second-order valence-electron chi connectivity index (χ2n) is 7.18. The zero-order valence-corrected chi connectivity index (χ0v) is 16.9. The van der Waals surface area contributed by atoms with Gasteiger partial charge in [0.2, 0.25) is 0 Å². The third-order valence-corrected chi connectivity index (χ3v) is 9.34. The first-order valence-corrected chi connectivity index (χ1v) is 11.0. The number of hydrogen-bond donors (Lipinski definition) is 0. The average molecular weight is 361 g/mol. The summed E-state index contributed by atoms with van der Waals surface area (Å²) in [4.78, 5) is 12.4. The molecule has 0 spiro atoms. The highest BCUT2D eigenvalue weighted by atomic mass is 31.2. The van der Waals surface area contributed by atoms with E-state index in [4.69, 9.17) is 0 Å². The van der Waals surface area contributed by atoms with Crippen LogP contribution in [0.2, 0.25) is 0 Å². The number of carbonyl (C=O) groups excluding carboxylic acids is 1. The molecule has 0 N–H and O–H groups in total. The van der Waals surface area contributed by atoms with Crippen LogP contribution in [0.5, 0.6) is 0 Å². The van der Waals surface area contributed by atoms with Crippen molar-refractivity contribution in [3.05, 3.63) is 89.5 Å². The van der Waals surface area contributed by atoms with Crippen molar-refractivity contribution in [3.8, 4) is 0 Å². The number of carbonyl (C=O) groups is 1. The van der Waals surface area contributed by atoms with Gasteiger partial charge in [0.25, 0.3) is 0 Å². The van der Waals surface area contributed by atoms with Crippen molar-refractivity contribution in [3.63, 3.8) is 0 Å². The summed E-state index contributed by atoms with van der Waals surface area (Å²) in [6, 6.07) is 26.2. The van der Waals surface area contributed by atoms with Gasteiger partial charge in [0.05, 0.1) is 0 Å². The van der Waals surface area contributed by atoms with E-state index in [-0.39, 0.29) is 5.78 Å². The summed E-state index contributed by atoms with van der Waals surface area (Å²) in [5.41, 5.74) is 3.72. The molecule has 0 aliphatic rings. The number of hydrogen-bond acceptors (Lipinski definition) is 1. The van der Waals surface area contributed by atoms with E-state index in [1.807, 2.05) is 0 Å². The Morgan fingerprint density at radius 3 is 1.12 bits per heavy atom. The van der Waals surface area contributed by atoms with Gasteiger partial charge in [-0.3, -0.25) is 4.79 Å². The van der Waals surface area contributed by atoms with Crippen LogP contribution in [0.4, 0.5) is 0 Å². The third kappa shape index (κ3) is 3.64. The second kappa shape index (κ2) is 7.56. The maximum absolute atomic E-state index is 12.4. The van der Waals surface area contributed by atoms with Crippen molar-refractivity contribution < 1.29 is 4.79 Å². The van der Waals surface area contributed by atoms with E-state index in [9.17, 15) is 4.79 Å². The molecule has 2 heteroatoms. The first-order chi connectivity index (χ1) is 12.4. The maximum Gasteiger partial charge on any atom is 0.168 e. The lowest BCUT2D eigenvalue weighted by Crippen LogP contribution is -2.35. The molecule has 0 aromatic heterocycles. The molecule has 0 aliphatic carbocycles. The van der Waals surface area contributed by atoms with Gasteiger partial charge in [-0.05, 0) is 64.1 Å². The fourth-order valence-electron chi connectivity index (χ4n) is 3.45. The minimum absolute atomic E-state index is 0.236. The Morgan fingerprint density at radius 1 is 0.615 bits per heavy atom. The average Bonchev–Trinajstić information content (AvgIpc) is 2.62. The fraction of sp³-hybridized carbons (Fsp3) is 0.208. The van der Waals surface area contributed by atoms with Gasteiger partial charge in [-0.15, -0.1) is 0 Å². The largest absolute Gasteiger partial charge is 0.296 e. The van der Waals surface area contributed by atoms with Gasteiger partial charge < -0.3 is 0 Å². The number of benzene rings is 3. The minimum atomic E-state index is -2.02. The zero-order chi connectivity index (χ0) is 18.7. The summed E-state index contributed by atoms with van der Waals surface area (Å²) >= 11 is 0.